The van der Waals surface area contributed by atoms with Crippen molar-refractivity contribution in [3.8, 4) is 0 Å². The number of rotatable bonds is 2. The fraction of sp³-hybridized carbons (Fsp3) is 0.222. The largest absolute Gasteiger partial charge is 0.369 e. The van der Waals surface area contributed by atoms with Crippen molar-refractivity contribution in [3.05, 3.63) is 28.5 Å². The standard InChI is InChI=1S/C9H10BrN3O/c1-13(2)6-12-9(14)8-4-3-7(10)5-11-8/h3-6H,1-2H3/b12-6+. The SMILES string of the molecule is CN(C)/C=N/C(=O)c1ccc(Br)cn1. The zero-order valence-electron chi connectivity index (χ0n) is 7.94. The maximum atomic E-state index is 11.4. The average molecular weight is 256 g/mol. The summed E-state index contributed by atoms with van der Waals surface area (Å²) in [6.07, 6.45) is 3.02. The molecule has 0 N–H and O–H groups in total. The smallest absolute Gasteiger partial charge is 0.296 e. The molecule has 74 valence electrons. The number of pyridine rings is 1. The van der Waals surface area contributed by atoms with Crippen molar-refractivity contribution in [2.75, 3.05) is 14.1 Å². The minimum Gasteiger partial charge on any atom is -0.369 e. The van der Waals surface area contributed by atoms with Gasteiger partial charge in [0.2, 0.25) is 0 Å². The lowest BCUT2D eigenvalue weighted by Gasteiger charge is -2.01. The van der Waals surface area contributed by atoms with E-state index in [1.165, 1.54) is 6.34 Å². The molecule has 0 aromatic carbocycles. The van der Waals surface area contributed by atoms with Gasteiger partial charge < -0.3 is 4.90 Å². The molecule has 0 radical (unpaired) electrons. The lowest BCUT2D eigenvalue weighted by Crippen LogP contribution is -2.10. The van der Waals surface area contributed by atoms with Crippen LogP contribution in [-0.2, 0) is 0 Å². The Morgan fingerprint density at radius 2 is 2.29 bits per heavy atom. The van der Waals surface area contributed by atoms with Gasteiger partial charge in [-0.2, -0.15) is 4.99 Å². The molecule has 1 amide bonds. The predicted octanol–water partition coefficient (Wildman–Crippen LogP) is 1.57. The van der Waals surface area contributed by atoms with Gasteiger partial charge in [-0.1, -0.05) is 0 Å². The highest BCUT2D eigenvalue weighted by Gasteiger charge is 2.03. The highest BCUT2D eigenvalue weighted by molar-refractivity contribution is 9.10. The summed E-state index contributed by atoms with van der Waals surface area (Å²) in [7, 11) is 3.59. The normalized spacial score (nSPS) is 10.5. The Kier molecular flexibility index (Phi) is 3.76. The molecule has 1 heterocycles. The predicted molar refractivity (Wildman–Crippen MR) is 58.4 cm³/mol. The van der Waals surface area contributed by atoms with Crippen LogP contribution < -0.4 is 0 Å². The van der Waals surface area contributed by atoms with Crippen molar-refractivity contribution in [3.63, 3.8) is 0 Å². The molecule has 5 heteroatoms. The van der Waals surface area contributed by atoms with Crippen LogP contribution in [0, 0.1) is 0 Å². The van der Waals surface area contributed by atoms with Crippen LogP contribution in [0.25, 0.3) is 0 Å². The highest BCUT2D eigenvalue weighted by Crippen LogP contribution is 2.07. The van der Waals surface area contributed by atoms with E-state index < -0.39 is 0 Å². The van der Waals surface area contributed by atoms with Gasteiger partial charge in [0.05, 0.1) is 6.34 Å². The first-order chi connectivity index (χ1) is 6.59. The Hall–Kier alpha value is -1.23. The van der Waals surface area contributed by atoms with Gasteiger partial charge in [0, 0.05) is 24.8 Å². The molecular weight excluding hydrogens is 246 g/mol. The van der Waals surface area contributed by atoms with Gasteiger partial charge in [0.15, 0.2) is 0 Å². The number of hydrogen-bond donors (Lipinski definition) is 0. The van der Waals surface area contributed by atoms with Crippen LogP contribution in [0.4, 0.5) is 0 Å². The second-order valence-corrected chi connectivity index (χ2v) is 3.79. The highest BCUT2D eigenvalue weighted by atomic mass is 79.9. The second kappa shape index (κ2) is 4.85. The molecule has 0 bridgehead atoms. The first kappa shape index (κ1) is 10.8. The van der Waals surface area contributed by atoms with E-state index in [-0.39, 0.29) is 5.91 Å². The van der Waals surface area contributed by atoms with Crippen LogP contribution in [0.1, 0.15) is 10.5 Å². The second-order valence-electron chi connectivity index (χ2n) is 2.87. The molecule has 1 aromatic rings. The first-order valence-corrected chi connectivity index (χ1v) is 4.75. The van der Waals surface area contributed by atoms with E-state index in [1.54, 1.807) is 37.3 Å². The molecule has 0 aliphatic heterocycles. The molecule has 1 aromatic heterocycles. The molecule has 0 saturated carbocycles. The van der Waals surface area contributed by atoms with Crippen molar-refractivity contribution < 1.29 is 4.79 Å². The number of carbonyl (C=O) groups is 1. The van der Waals surface area contributed by atoms with Gasteiger partial charge in [-0.15, -0.1) is 0 Å². The zero-order valence-corrected chi connectivity index (χ0v) is 9.52. The number of amides is 1. The minimum absolute atomic E-state index is 0.339. The number of nitrogens with zero attached hydrogens (tertiary/aromatic N) is 3. The Labute approximate surface area is 90.8 Å². The van der Waals surface area contributed by atoms with E-state index in [9.17, 15) is 4.79 Å². The maximum absolute atomic E-state index is 11.4. The van der Waals surface area contributed by atoms with E-state index in [4.69, 9.17) is 0 Å². The summed E-state index contributed by atoms with van der Waals surface area (Å²) in [5.74, 6) is -0.341. The lowest BCUT2D eigenvalue weighted by atomic mass is 10.3. The van der Waals surface area contributed by atoms with Crippen LogP contribution in [0.2, 0.25) is 0 Å². The minimum atomic E-state index is -0.341. The molecule has 0 aliphatic rings. The molecule has 0 spiro atoms. The van der Waals surface area contributed by atoms with E-state index in [1.807, 2.05) is 0 Å². The molecule has 0 unspecified atom stereocenters. The summed E-state index contributed by atoms with van der Waals surface area (Å²) in [4.78, 5) is 20.7. The first-order valence-electron chi connectivity index (χ1n) is 3.96. The topological polar surface area (TPSA) is 45.6 Å². The summed E-state index contributed by atoms with van der Waals surface area (Å²) in [6.45, 7) is 0. The van der Waals surface area contributed by atoms with Crippen LogP contribution in [0.15, 0.2) is 27.8 Å². The fourth-order valence-electron chi connectivity index (χ4n) is 0.736. The third kappa shape index (κ3) is 3.26. The quantitative estimate of drug-likeness (QED) is 0.596. The molecule has 4 nitrogen and oxygen atoms in total. The van der Waals surface area contributed by atoms with Crippen molar-refractivity contribution in [1.82, 2.24) is 9.88 Å². The van der Waals surface area contributed by atoms with Crippen LogP contribution >= 0.6 is 15.9 Å². The lowest BCUT2D eigenvalue weighted by molar-refractivity contribution is 0.0997. The van der Waals surface area contributed by atoms with Gasteiger partial charge in [0.25, 0.3) is 5.91 Å². The van der Waals surface area contributed by atoms with Crippen LogP contribution in [-0.4, -0.2) is 36.2 Å². The Morgan fingerprint density at radius 3 is 2.79 bits per heavy atom. The summed E-state index contributed by atoms with van der Waals surface area (Å²) in [6, 6.07) is 3.38. The van der Waals surface area contributed by atoms with E-state index in [0.717, 1.165) is 4.47 Å². The molecule has 0 atom stereocenters. The Bertz CT molecular complexity index is 346. The molecule has 0 aliphatic carbocycles. The number of carbonyl (C=O) groups excluding carboxylic acids is 1. The monoisotopic (exact) mass is 255 g/mol. The van der Waals surface area contributed by atoms with Gasteiger partial charge in [0.1, 0.15) is 5.69 Å². The maximum Gasteiger partial charge on any atom is 0.296 e. The van der Waals surface area contributed by atoms with Crippen LogP contribution in [0.3, 0.4) is 0 Å². The summed E-state index contributed by atoms with van der Waals surface area (Å²) >= 11 is 3.24. The third-order valence-corrected chi connectivity index (χ3v) is 1.82. The zero-order chi connectivity index (χ0) is 10.6. The van der Waals surface area contributed by atoms with E-state index >= 15 is 0 Å². The molecule has 14 heavy (non-hydrogen) atoms. The van der Waals surface area contributed by atoms with Crippen LogP contribution in [0.5, 0.6) is 0 Å². The summed E-state index contributed by atoms with van der Waals surface area (Å²) in [5.41, 5.74) is 0.339. The number of hydrogen-bond acceptors (Lipinski definition) is 2. The van der Waals surface area contributed by atoms with Crippen molar-refractivity contribution in [2.45, 2.75) is 0 Å². The molecular formula is C9H10BrN3O. The molecule has 0 fully saturated rings. The fourth-order valence-corrected chi connectivity index (χ4v) is 0.971. The van der Waals surface area contributed by atoms with Gasteiger partial charge in [-0.25, -0.2) is 4.98 Å². The summed E-state index contributed by atoms with van der Waals surface area (Å²) < 4.78 is 0.839. The van der Waals surface area contributed by atoms with Gasteiger partial charge >= 0.3 is 0 Å². The number of halogens is 1. The summed E-state index contributed by atoms with van der Waals surface area (Å²) in [5, 5.41) is 0. The van der Waals surface area contributed by atoms with E-state index in [0.29, 0.717) is 5.69 Å². The average Bonchev–Trinajstić information content (AvgIpc) is 2.15. The van der Waals surface area contributed by atoms with Crippen molar-refractivity contribution in [2.24, 2.45) is 4.99 Å². The van der Waals surface area contributed by atoms with Gasteiger partial charge in [-0.05, 0) is 28.1 Å². The third-order valence-electron chi connectivity index (χ3n) is 1.35. The molecule has 1 rings (SSSR count). The van der Waals surface area contributed by atoms with Gasteiger partial charge in [-0.3, -0.25) is 4.79 Å². The van der Waals surface area contributed by atoms with E-state index in [2.05, 4.69) is 25.9 Å². The Balaban J connectivity index is 2.75. The van der Waals surface area contributed by atoms with Crippen molar-refractivity contribution >= 4 is 28.2 Å². The Morgan fingerprint density at radius 1 is 1.57 bits per heavy atom. The number of aliphatic imine (C=N–C) groups is 1. The number of aromatic nitrogens is 1. The van der Waals surface area contributed by atoms with Crippen molar-refractivity contribution in [1.29, 1.82) is 0 Å². The molecule has 0 saturated heterocycles.